The van der Waals surface area contributed by atoms with Crippen molar-refractivity contribution in [3.63, 3.8) is 0 Å². The van der Waals surface area contributed by atoms with E-state index in [2.05, 4.69) is 179 Å². The number of nitrogens with zero attached hydrogens (tertiary/aromatic N) is 4. The van der Waals surface area contributed by atoms with Gasteiger partial charge in [0.15, 0.2) is 0 Å². The number of fused-ring (bicyclic) bond motifs is 7. The highest BCUT2D eigenvalue weighted by Crippen LogP contribution is 2.49. The Hall–Kier alpha value is -7.04. The van der Waals surface area contributed by atoms with E-state index in [-0.39, 0.29) is 0 Å². The van der Waals surface area contributed by atoms with Gasteiger partial charge in [0.05, 0.1) is 33.3 Å². The number of aromatic nitrogens is 4. The molecule has 0 amide bonds. The lowest BCUT2D eigenvalue weighted by Crippen LogP contribution is -2.03. The zero-order valence-electron chi connectivity index (χ0n) is 28.0. The topological polar surface area (TPSA) is 35.6 Å². The van der Waals surface area contributed by atoms with Gasteiger partial charge in [-0.15, -0.1) is 0 Å². The SMILES string of the molecule is c1ccc(-n2c3ccccc3c3ccc(-c4nc(-n5c6cccc7c6c6c8c(cccc8ccc65)-c5ccccc5-7)nc5ccccc45)cc32)cc1. The lowest BCUT2D eigenvalue weighted by molar-refractivity contribution is 1.01. The molecule has 0 bridgehead atoms. The van der Waals surface area contributed by atoms with Crippen LogP contribution in [0.4, 0.5) is 0 Å². The Balaban J connectivity index is 1.18. The highest BCUT2D eigenvalue weighted by molar-refractivity contribution is 6.30. The summed E-state index contributed by atoms with van der Waals surface area (Å²) in [6.07, 6.45) is 0. The van der Waals surface area contributed by atoms with Crippen LogP contribution in [0, 0.1) is 0 Å². The van der Waals surface area contributed by atoms with Gasteiger partial charge in [0.25, 0.3) is 0 Å². The second kappa shape index (κ2) is 10.3. The fraction of sp³-hybridized carbons (Fsp3) is 0. The lowest BCUT2D eigenvalue weighted by Gasteiger charge is -2.14. The van der Waals surface area contributed by atoms with Gasteiger partial charge in [-0.2, -0.15) is 0 Å². The number of rotatable bonds is 3. The van der Waals surface area contributed by atoms with Gasteiger partial charge in [-0.25, -0.2) is 9.97 Å². The highest BCUT2D eigenvalue weighted by Gasteiger charge is 2.26. The summed E-state index contributed by atoms with van der Waals surface area (Å²) in [5.74, 6) is 0.667. The van der Waals surface area contributed by atoms with Crippen molar-refractivity contribution in [1.29, 1.82) is 0 Å². The molecule has 1 aliphatic carbocycles. The molecule has 3 heterocycles. The molecule has 0 fully saturated rings. The summed E-state index contributed by atoms with van der Waals surface area (Å²) in [5.41, 5.74) is 13.6. The molecular formula is C48H28N4. The van der Waals surface area contributed by atoms with Gasteiger partial charge in [-0.1, -0.05) is 127 Å². The minimum Gasteiger partial charge on any atom is -0.309 e. The Bertz CT molecular complexity index is 3290. The van der Waals surface area contributed by atoms with E-state index >= 15 is 0 Å². The first-order valence-corrected chi connectivity index (χ1v) is 17.8. The lowest BCUT2D eigenvalue weighted by atomic mass is 9.93. The van der Waals surface area contributed by atoms with Crippen LogP contribution >= 0.6 is 0 Å². The quantitative estimate of drug-likeness (QED) is 0.189. The van der Waals surface area contributed by atoms with Gasteiger partial charge >= 0.3 is 0 Å². The van der Waals surface area contributed by atoms with Gasteiger partial charge in [-0.3, -0.25) is 4.57 Å². The Labute approximate surface area is 298 Å². The van der Waals surface area contributed by atoms with Crippen LogP contribution in [0.15, 0.2) is 170 Å². The number of hydrogen-bond donors (Lipinski definition) is 0. The highest BCUT2D eigenvalue weighted by atomic mass is 15.2. The summed E-state index contributed by atoms with van der Waals surface area (Å²) in [6, 6.07) is 61.1. The zero-order valence-corrected chi connectivity index (χ0v) is 28.0. The molecule has 12 rings (SSSR count). The van der Waals surface area contributed by atoms with Crippen LogP contribution in [-0.2, 0) is 0 Å². The van der Waals surface area contributed by atoms with Gasteiger partial charge in [0, 0.05) is 38.2 Å². The first-order chi connectivity index (χ1) is 25.8. The molecule has 8 aromatic carbocycles. The number of para-hydroxylation sites is 3. The second-order valence-electron chi connectivity index (χ2n) is 13.8. The van der Waals surface area contributed by atoms with Crippen LogP contribution < -0.4 is 0 Å². The molecule has 0 radical (unpaired) electrons. The second-order valence-corrected chi connectivity index (χ2v) is 13.8. The predicted octanol–water partition coefficient (Wildman–Crippen LogP) is 12.3. The van der Waals surface area contributed by atoms with E-state index in [0.717, 1.165) is 44.4 Å². The van der Waals surface area contributed by atoms with Crippen molar-refractivity contribution < 1.29 is 0 Å². The number of hydrogen-bond acceptors (Lipinski definition) is 2. The van der Waals surface area contributed by atoms with E-state index in [1.165, 1.54) is 60.1 Å². The van der Waals surface area contributed by atoms with Crippen molar-refractivity contribution in [2.24, 2.45) is 0 Å². The maximum Gasteiger partial charge on any atom is 0.235 e. The molecular weight excluding hydrogens is 633 g/mol. The zero-order chi connectivity index (χ0) is 33.9. The van der Waals surface area contributed by atoms with E-state index in [4.69, 9.17) is 9.97 Å². The van der Waals surface area contributed by atoms with E-state index in [1.807, 2.05) is 0 Å². The third kappa shape index (κ3) is 3.65. The van der Waals surface area contributed by atoms with Crippen LogP contribution in [0.2, 0.25) is 0 Å². The van der Waals surface area contributed by atoms with E-state index in [0.29, 0.717) is 5.95 Å². The van der Waals surface area contributed by atoms with Gasteiger partial charge < -0.3 is 4.57 Å². The molecule has 4 nitrogen and oxygen atoms in total. The van der Waals surface area contributed by atoms with Gasteiger partial charge in [-0.05, 0) is 75.5 Å². The molecule has 1 aliphatic rings. The molecule has 3 aromatic heterocycles. The molecule has 52 heavy (non-hydrogen) atoms. The van der Waals surface area contributed by atoms with Crippen molar-refractivity contribution in [2.75, 3.05) is 0 Å². The van der Waals surface area contributed by atoms with E-state index in [1.54, 1.807) is 0 Å². The fourth-order valence-electron chi connectivity index (χ4n) is 8.90. The summed E-state index contributed by atoms with van der Waals surface area (Å²) in [7, 11) is 0. The molecule has 0 saturated heterocycles. The first kappa shape index (κ1) is 27.7. The fourth-order valence-corrected chi connectivity index (χ4v) is 8.90. The minimum atomic E-state index is 0.667. The van der Waals surface area contributed by atoms with Crippen molar-refractivity contribution in [1.82, 2.24) is 19.1 Å². The molecule has 11 aromatic rings. The Morgan fingerprint density at radius 3 is 1.88 bits per heavy atom. The van der Waals surface area contributed by atoms with Crippen LogP contribution in [-0.4, -0.2) is 19.1 Å². The monoisotopic (exact) mass is 660 g/mol. The predicted molar refractivity (Wildman–Crippen MR) is 216 cm³/mol. The smallest absolute Gasteiger partial charge is 0.235 e. The summed E-state index contributed by atoms with van der Waals surface area (Å²) in [4.78, 5) is 10.8. The van der Waals surface area contributed by atoms with Gasteiger partial charge in [0.2, 0.25) is 5.95 Å². The third-order valence-corrected chi connectivity index (χ3v) is 11.1. The average molecular weight is 661 g/mol. The third-order valence-electron chi connectivity index (χ3n) is 11.1. The standard InChI is InChI=1S/C48H28N4/c1-2-13-31(14-3-1)51-40-22-9-7-17-34(40)35-26-24-30(28-43(35)51)47-38-18-6-8-21-39(38)49-48(50-47)52-41-23-11-20-37-33-16-5-4-15-32(33)36-19-10-12-29-25-27-42(52)46(44(29)36)45(37)41/h1-28H. The summed E-state index contributed by atoms with van der Waals surface area (Å²) >= 11 is 0. The summed E-state index contributed by atoms with van der Waals surface area (Å²) in [6.45, 7) is 0. The Morgan fingerprint density at radius 2 is 1.02 bits per heavy atom. The van der Waals surface area contributed by atoms with Crippen LogP contribution in [0.25, 0.3) is 110 Å². The largest absolute Gasteiger partial charge is 0.309 e. The summed E-state index contributed by atoms with van der Waals surface area (Å²) < 4.78 is 4.65. The van der Waals surface area contributed by atoms with Crippen LogP contribution in [0.1, 0.15) is 0 Å². The molecule has 0 saturated carbocycles. The maximum atomic E-state index is 5.51. The van der Waals surface area contributed by atoms with Crippen molar-refractivity contribution in [3.05, 3.63) is 170 Å². The number of benzene rings is 8. The van der Waals surface area contributed by atoms with Crippen molar-refractivity contribution in [2.45, 2.75) is 0 Å². The van der Waals surface area contributed by atoms with Crippen molar-refractivity contribution in [3.8, 4) is 45.1 Å². The molecule has 0 spiro atoms. The van der Waals surface area contributed by atoms with Crippen molar-refractivity contribution >= 4 is 65.3 Å². The summed E-state index contributed by atoms with van der Waals surface area (Å²) in [5, 5.41) is 8.48. The van der Waals surface area contributed by atoms with Crippen LogP contribution in [0.3, 0.4) is 0 Å². The Morgan fingerprint density at radius 1 is 0.365 bits per heavy atom. The molecule has 0 aliphatic heterocycles. The molecule has 4 heteroatoms. The molecule has 240 valence electrons. The average Bonchev–Trinajstić information content (AvgIpc) is 3.69. The van der Waals surface area contributed by atoms with E-state index < -0.39 is 0 Å². The van der Waals surface area contributed by atoms with Crippen LogP contribution in [0.5, 0.6) is 0 Å². The minimum absolute atomic E-state index is 0.667. The molecule has 0 N–H and O–H groups in total. The first-order valence-electron chi connectivity index (χ1n) is 17.8. The Kier molecular flexibility index (Phi) is 5.47. The molecule has 0 unspecified atom stereocenters. The van der Waals surface area contributed by atoms with Gasteiger partial charge in [0.1, 0.15) is 0 Å². The normalized spacial score (nSPS) is 12.2. The van der Waals surface area contributed by atoms with E-state index in [9.17, 15) is 0 Å². The molecule has 0 atom stereocenters. The maximum absolute atomic E-state index is 5.51.